The van der Waals surface area contributed by atoms with Crippen molar-refractivity contribution in [2.45, 2.75) is 24.4 Å². The zero-order valence-corrected chi connectivity index (χ0v) is 9.89. The van der Waals surface area contributed by atoms with E-state index in [1.165, 1.54) is 12.7 Å². The summed E-state index contributed by atoms with van der Waals surface area (Å²) in [6.07, 6.45) is 5.13. The van der Waals surface area contributed by atoms with E-state index in [1.807, 2.05) is 6.40 Å². The van der Waals surface area contributed by atoms with E-state index in [2.05, 4.69) is 20.9 Å². The fraction of sp³-hybridized carbons (Fsp3) is 0.417. The Bertz CT molecular complexity index is 695. The second kappa shape index (κ2) is 4.28. The average Bonchev–Trinajstić information content (AvgIpc) is 3.02. The molecule has 0 saturated carbocycles. The molecule has 7 heteroatoms. The first kappa shape index (κ1) is 10.9. The molecule has 7 nitrogen and oxygen atoms in total. The Morgan fingerprint density at radius 1 is 1.68 bits per heavy atom. The van der Waals surface area contributed by atoms with Crippen molar-refractivity contribution >= 4 is 11.2 Å². The molecule has 2 aromatic heterocycles. The van der Waals surface area contributed by atoms with E-state index >= 15 is 0 Å². The monoisotopic (exact) mass is 261 g/mol. The number of rotatable bonds is 2. The highest BCUT2D eigenvalue weighted by Gasteiger charge is 2.47. The van der Waals surface area contributed by atoms with Gasteiger partial charge >= 0.3 is 0 Å². The van der Waals surface area contributed by atoms with Crippen molar-refractivity contribution in [3.05, 3.63) is 18.9 Å². The zero-order valence-electron chi connectivity index (χ0n) is 10.9. The Hall–Kier alpha value is -2.01. The molecule has 3 rings (SSSR count). The highest BCUT2D eigenvalue weighted by Crippen LogP contribution is 2.37. The quantitative estimate of drug-likeness (QED) is 0.706. The van der Waals surface area contributed by atoms with Crippen molar-refractivity contribution < 1.29 is 16.3 Å². The molecule has 0 aromatic carbocycles. The molecule has 0 spiro atoms. The van der Waals surface area contributed by atoms with Gasteiger partial charge in [0.1, 0.15) is 25.5 Å². The van der Waals surface area contributed by atoms with Gasteiger partial charge < -0.3 is 14.9 Å². The first-order valence-electron chi connectivity index (χ1n) is 6.23. The molecule has 1 saturated heterocycles. The van der Waals surface area contributed by atoms with Crippen LogP contribution >= 0.6 is 0 Å². The fourth-order valence-electron chi connectivity index (χ4n) is 2.21. The van der Waals surface area contributed by atoms with Gasteiger partial charge in [-0.1, -0.05) is 5.92 Å². The topological polar surface area (TPSA) is 93.3 Å². The molecule has 0 aliphatic carbocycles. The van der Waals surface area contributed by atoms with Crippen molar-refractivity contribution in [2.24, 2.45) is 0 Å². The van der Waals surface area contributed by atoms with Crippen LogP contribution in [0.4, 0.5) is 0 Å². The summed E-state index contributed by atoms with van der Waals surface area (Å²) in [5, 5.41) is 19.5. The number of fused-ring (bicyclic) bond motifs is 1. The van der Waals surface area contributed by atoms with Crippen molar-refractivity contribution in [1.29, 1.82) is 0 Å². The minimum atomic E-state index is -1.43. The van der Waals surface area contributed by atoms with Gasteiger partial charge in [0, 0.05) is 6.42 Å². The second-order valence-electron chi connectivity index (χ2n) is 4.38. The number of terminal acetylenes is 1. The number of nitrogens with zero attached hydrogens (tertiary/aromatic N) is 4. The number of aromatic nitrogens is 4. The highest BCUT2D eigenvalue weighted by molar-refractivity contribution is 5.68. The predicted molar refractivity (Wildman–Crippen MR) is 64.7 cm³/mol. The maximum Gasteiger partial charge on any atom is 0.179 e. The number of hydrogen-bond acceptors (Lipinski definition) is 6. The highest BCUT2D eigenvalue weighted by atomic mass is 16.6. The molecule has 1 aliphatic rings. The molecule has 2 N–H and O–H groups in total. The number of imidazole rings is 1. The van der Waals surface area contributed by atoms with Crippen LogP contribution in [0.15, 0.2) is 18.9 Å². The zero-order chi connectivity index (χ0) is 14.2. The maximum absolute atomic E-state index is 10.1. The third-order valence-electron chi connectivity index (χ3n) is 3.30. The molecule has 0 radical (unpaired) electrons. The van der Waals surface area contributed by atoms with Gasteiger partial charge in [-0.05, 0) is 0 Å². The summed E-state index contributed by atoms with van der Waals surface area (Å²) in [6, 6.07) is 0. The van der Waals surface area contributed by atoms with Crippen LogP contribution < -0.4 is 0 Å². The van der Waals surface area contributed by atoms with Gasteiger partial charge in [-0.2, -0.15) is 0 Å². The SMILES string of the molecule is [2H]C#C[C@]1(CO)OC(n2cnc3cncnc32)C[C@@H]1O. The van der Waals surface area contributed by atoms with Crippen molar-refractivity contribution in [1.82, 2.24) is 19.5 Å². The van der Waals surface area contributed by atoms with E-state index in [0.717, 1.165) is 0 Å². The van der Waals surface area contributed by atoms with Crippen LogP contribution in [0.3, 0.4) is 0 Å². The van der Waals surface area contributed by atoms with Crippen molar-refractivity contribution in [3.8, 4) is 12.3 Å². The lowest BCUT2D eigenvalue weighted by molar-refractivity contribution is -0.0891. The summed E-state index contributed by atoms with van der Waals surface area (Å²) >= 11 is 0. The third-order valence-corrected chi connectivity index (χ3v) is 3.30. The van der Waals surface area contributed by atoms with Crippen molar-refractivity contribution in [2.75, 3.05) is 6.61 Å². The predicted octanol–water partition coefficient (Wildman–Crippen LogP) is -0.530. The Labute approximate surface area is 110 Å². The van der Waals surface area contributed by atoms with Crippen LogP contribution in [0.1, 0.15) is 14.0 Å². The van der Waals surface area contributed by atoms with E-state index in [9.17, 15) is 10.2 Å². The molecule has 98 valence electrons. The molecular weight excluding hydrogens is 248 g/mol. The Kier molecular flexibility index (Phi) is 2.45. The minimum absolute atomic E-state index is 0.227. The molecule has 0 amide bonds. The molecule has 19 heavy (non-hydrogen) atoms. The lowest BCUT2D eigenvalue weighted by Crippen LogP contribution is -2.41. The van der Waals surface area contributed by atoms with Crippen LogP contribution in [0.25, 0.3) is 11.2 Å². The Balaban J connectivity index is 1.98. The summed E-state index contributed by atoms with van der Waals surface area (Å²) in [4.78, 5) is 12.1. The van der Waals surface area contributed by atoms with Gasteiger partial charge in [0.25, 0.3) is 0 Å². The van der Waals surface area contributed by atoms with Crippen LogP contribution in [0, 0.1) is 12.3 Å². The van der Waals surface area contributed by atoms with Gasteiger partial charge in [-0.3, -0.25) is 4.57 Å². The summed E-state index contributed by atoms with van der Waals surface area (Å²) < 4.78 is 14.3. The van der Waals surface area contributed by atoms with E-state index in [-0.39, 0.29) is 6.42 Å². The Morgan fingerprint density at radius 3 is 3.37 bits per heavy atom. The van der Waals surface area contributed by atoms with Crippen LogP contribution in [0.5, 0.6) is 0 Å². The van der Waals surface area contributed by atoms with Crippen LogP contribution in [0.2, 0.25) is 0 Å². The average molecular weight is 261 g/mol. The first-order valence-corrected chi connectivity index (χ1v) is 5.73. The standard InChI is InChI=1S/C12H12N4O3/c1-2-12(5-17)9(18)3-10(19-12)16-7-15-8-4-13-6-14-11(8)16/h1,4,6-7,9-10,17-18H,3,5H2/t9-,10?,12+/m0/s1/i1D. The number of ether oxygens (including phenoxy) is 1. The second-order valence-corrected chi connectivity index (χ2v) is 4.38. The molecular formula is C12H12N4O3. The largest absolute Gasteiger partial charge is 0.392 e. The van der Waals surface area contributed by atoms with Gasteiger partial charge in [0.2, 0.25) is 0 Å². The minimum Gasteiger partial charge on any atom is -0.392 e. The van der Waals surface area contributed by atoms with E-state index < -0.39 is 24.5 Å². The van der Waals surface area contributed by atoms with Gasteiger partial charge in [0.05, 0.1) is 19.1 Å². The van der Waals surface area contributed by atoms with Gasteiger partial charge in [0.15, 0.2) is 11.2 Å². The molecule has 1 unspecified atom stereocenters. The fourth-order valence-corrected chi connectivity index (χ4v) is 2.21. The summed E-state index contributed by atoms with van der Waals surface area (Å²) in [5.41, 5.74) is -0.251. The molecule has 2 aromatic rings. The summed E-state index contributed by atoms with van der Waals surface area (Å²) in [6.45, 7) is -0.488. The van der Waals surface area contributed by atoms with E-state index in [1.54, 1.807) is 10.8 Å². The van der Waals surface area contributed by atoms with E-state index in [0.29, 0.717) is 11.2 Å². The first-order chi connectivity index (χ1) is 9.70. The lowest BCUT2D eigenvalue weighted by atomic mass is 9.99. The molecule has 3 heterocycles. The van der Waals surface area contributed by atoms with Crippen LogP contribution in [-0.2, 0) is 4.74 Å². The van der Waals surface area contributed by atoms with Crippen molar-refractivity contribution in [3.63, 3.8) is 0 Å². The van der Waals surface area contributed by atoms with Crippen LogP contribution in [-0.4, -0.2) is 48.0 Å². The third kappa shape index (κ3) is 1.69. The summed E-state index contributed by atoms with van der Waals surface area (Å²) in [7, 11) is 0. The normalized spacial score (nSPS) is 30.9. The number of aliphatic hydroxyl groups is 2. The molecule has 3 atom stereocenters. The maximum atomic E-state index is 10.1. The van der Waals surface area contributed by atoms with E-state index in [4.69, 9.17) is 6.11 Å². The summed E-state index contributed by atoms with van der Waals surface area (Å²) in [5.74, 6) is 2.43. The Morgan fingerprint density at radius 2 is 2.58 bits per heavy atom. The molecule has 1 aliphatic heterocycles. The molecule has 1 fully saturated rings. The van der Waals surface area contributed by atoms with Gasteiger partial charge in [-0.25, -0.2) is 15.0 Å². The number of aliphatic hydroxyl groups excluding tert-OH is 2. The molecule has 0 bridgehead atoms. The number of hydrogen-bond donors (Lipinski definition) is 2. The smallest absolute Gasteiger partial charge is 0.179 e. The van der Waals surface area contributed by atoms with Gasteiger partial charge in [-0.15, -0.1) is 6.40 Å². The lowest BCUT2D eigenvalue weighted by Gasteiger charge is -2.23.